The van der Waals surface area contributed by atoms with Crippen LogP contribution in [0.2, 0.25) is 0 Å². The summed E-state index contributed by atoms with van der Waals surface area (Å²) < 4.78 is 5.51. The molecule has 15 heavy (non-hydrogen) atoms. The van der Waals surface area contributed by atoms with Gasteiger partial charge in [0.2, 0.25) is 0 Å². The topological polar surface area (TPSA) is 24.8 Å². The van der Waals surface area contributed by atoms with Crippen molar-refractivity contribution in [2.24, 2.45) is 4.99 Å². The van der Waals surface area contributed by atoms with E-state index in [4.69, 9.17) is 4.74 Å². The Kier molecular flexibility index (Phi) is 4.68. The highest BCUT2D eigenvalue weighted by atomic mass is 16.5. The molecule has 0 aliphatic carbocycles. The SMILES string of the molecule is CC(=NCCOc1ccccc1)N(C)C. The Morgan fingerprint density at radius 2 is 1.93 bits per heavy atom. The first kappa shape index (κ1) is 11.6. The summed E-state index contributed by atoms with van der Waals surface area (Å²) in [6.45, 7) is 3.30. The van der Waals surface area contributed by atoms with Crippen LogP contribution >= 0.6 is 0 Å². The van der Waals surface area contributed by atoms with E-state index >= 15 is 0 Å². The second-order valence-electron chi connectivity index (χ2n) is 3.48. The zero-order valence-corrected chi connectivity index (χ0v) is 9.60. The maximum Gasteiger partial charge on any atom is 0.119 e. The van der Waals surface area contributed by atoms with Gasteiger partial charge in [0.05, 0.1) is 12.4 Å². The van der Waals surface area contributed by atoms with Crippen LogP contribution in [0.3, 0.4) is 0 Å². The smallest absolute Gasteiger partial charge is 0.119 e. The predicted molar refractivity (Wildman–Crippen MR) is 63.6 cm³/mol. The lowest BCUT2D eigenvalue weighted by Crippen LogP contribution is -2.19. The lowest BCUT2D eigenvalue weighted by Gasteiger charge is -2.11. The summed E-state index contributed by atoms with van der Waals surface area (Å²) in [4.78, 5) is 6.34. The van der Waals surface area contributed by atoms with E-state index in [1.807, 2.05) is 56.3 Å². The molecule has 0 saturated carbocycles. The minimum absolute atomic E-state index is 0.620. The maximum atomic E-state index is 5.51. The van der Waals surface area contributed by atoms with Gasteiger partial charge >= 0.3 is 0 Å². The number of aliphatic imine (C=N–C) groups is 1. The summed E-state index contributed by atoms with van der Waals surface area (Å²) in [5.41, 5.74) is 0. The lowest BCUT2D eigenvalue weighted by molar-refractivity contribution is 0.328. The van der Waals surface area contributed by atoms with Crippen LogP contribution in [0.5, 0.6) is 5.75 Å². The fourth-order valence-corrected chi connectivity index (χ4v) is 1.03. The molecular weight excluding hydrogens is 188 g/mol. The fraction of sp³-hybridized carbons (Fsp3) is 0.417. The number of hydrogen-bond acceptors (Lipinski definition) is 2. The van der Waals surface area contributed by atoms with Gasteiger partial charge in [-0.3, -0.25) is 4.99 Å². The van der Waals surface area contributed by atoms with Crippen LogP contribution in [-0.4, -0.2) is 38.0 Å². The van der Waals surface area contributed by atoms with E-state index in [0.717, 1.165) is 11.6 Å². The van der Waals surface area contributed by atoms with E-state index in [9.17, 15) is 0 Å². The molecule has 3 heteroatoms. The van der Waals surface area contributed by atoms with E-state index in [2.05, 4.69) is 4.99 Å². The van der Waals surface area contributed by atoms with Gasteiger partial charge in [0.1, 0.15) is 12.4 Å². The molecule has 1 aromatic rings. The van der Waals surface area contributed by atoms with Crippen molar-refractivity contribution in [3.63, 3.8) is 0 Å². The number of ether oxygens (including phenoxy) is 1. The normalized spacial score (nSPS) is 11.3. The highest BCUT2D eigenvalue weighted by molar-refractivity contribution is 5.79. The zero-order valence-electron chi connectivity index (χ0n) is 9.60. The summed E-state index contributed by atoms with van der Waals surface area (Å²) in [7, 11) is 3.97. The van der Waals surface area contributed by atoms with Crippen LogP contribution in [0.4, 0.5) is 0 Å². The molecule has 0 spiro atoms. The third-order valence-electron chi connectivity index (χ3n) is 2.09. The molecule has 0 heterocycles. The van der Waals surface area contributed by atoms with Crippen molar-refractivity contribution in [2.45, 2.75) is 6.92 Å². The lowest BCUT2D eigenvalue weighted by atomic mass is 10.3. The number of rotatable bonds is 4. The van der Waals surface area contributed by atoms with Gasteiger partial charge < -0.3 is 9.64 Å². The van der Waals surface area contributed by atoms with E-state index in [0.29, 0.717) is 13.2 Å². The second kappa shape index (κ2) is 6.06. The molecule has 0 aromatic heterocycles. The van der Waals surface area contributed by atoms with Crippen LogP contribution in [0, 0.1) is 0 Å². The molecule has 3 nitrogen and oxygen atoms in total. The zero-order chi connectivity index (χ0) is 11.1. The molecule has 0 bridgehead atoms. The van der Waals surface area contributed by atoms with Crippen molar-refractivity contribution < 1.29 is 4.74 Å². The minimum atomic E-state index is 0.620. The standard InChI is InChI=1S/C12H18N2O/c1-11(14(2)3)13-9-10-15-12-7-5-4-6-8-12/h4-8H,9-10H2,1-3H3. The summed E-state index contributed by atoms with van der Waals surface area (Å²) in [6, 6.07) is 9.79. The highest BCUT2D eigenvalue weighted by Crippen LogP contribution is 2.07. The number of amidine groups is 1. The Hall–Kier alpha value is -1.51. The number of nitrogens with zero attached hydrogens (tertiary/aromatic N) is 2. The first-order valence-electron chi connectivity index (χ1n) is 5.06. The number of benzene rings is 1. The molecule has 1 rings (SSSR count). The molecule has 0 amide bonds. The van der Waals surface area contributed by atoms with Crippen LogP contribution in [0.15, 0.2) is 35.3 Å². The molecule has 0 fully saturated rings. The van der Waals surface area contributed by atoms with Gasteiger partial charge in [0.15, 0.2) is 0 Å². The molecular formula is C12H18N2O. The van der Waals surface area contributed by atoms with Crippen LogP contribution in [-0.2, 0) is 0 Å². The van der Waals surface area contributed by atoms with Gasteiger partial charge in [-0.15, -0.1) is 0 Å². The van der Waals surface area contributed by atoms with Crippen molar-refractivity contribution in [3.05, 3.63) is 30.3 Å². The second-order valence-corrected chi connectivity index (χ2v) is 3.48. The Morgan fingerprint density at radius 3 is 2.53 bits per heavy atom. The van der Waals surface area contributed by atoms with Crippen molar-refractivity contribution in [1.82, 2.24) is 4.90 Å². The number of para-hydroxylation sites is 1. The predicted octanol–water partition coefficient (Wildman–Crippen LogP) is 2.05. The number of hydrogen-bond donors (Lipinski definition) is 0. The van der Waals surface area contributed by atoms with Gasteiger partial charge in [-0.1, -0.05) is 18.2 Å². The fourth-order valence-electron chi connectivity index (χ4n) is 1.03. The van der Waals surface area contributed by atoms with Crippen LogP contribution in [0.1, 0.15) is 6.92 Å². The van der Waals surface area contributed by atoms with Gasteiger partial charge in [0.25, 0.3) is 0 Å². The average Bonchev–Trinajstić information content (AvgIpc) is 2.25. The molecule has 0 saturated heterocycles. The molecule has 0 radical (unpaired) electrons. The Labute approximate surface area is 91.4 Å². The van der Waals surface area contributed by atoms with Crippen molar-refractivity contribution in [2.75, 3.05) is 27.2 Å². The van der Waals surface area contributed by atoms with Crippen molar-refractivity contribution in [3.8, 4) is 5.75 Å². The first-order chi connectivity index (χ1) is 7.20. The third-order valence-corrected chi connectivity index (χ3v) is 2.09. The van der Waals surface area contributed by atoms with E-state index in [1.165, 1.54) is 0 Å². The van der Waals surface area contributed by atoms with Crippen molar-refractivity contribution >= 4 is 5.84 Å². The maximum absolute atomic E-state index is 5.51. The average molecular weight is 206 g/mol. The summed E-state index contributed by atoms with van der Waals surface area (Å²) in [6.07, 6.45) is 0. The summed E-state index contributed by atoms with van der Waals surface area (Å²) in [5, 5.41) is 0. The summed E-state index contributed by atoms with van der Waals surface area (Å²) in [5.74, 6) is 1.92. The molecule has 0 aliphatic heterocycles. The molecule has 1 aromatic carbocycles. The molecule has 82 valence electrons. The van der Waals surface area contributed by atoms with Crippen molar-refractivity contribution in [1.29, 1.82) is 0 Å². The first-order valence-corrected chi connectivity index (χ1v) is 5.06. The summed E-state index contributed by atoms with van der Waals surface area (Å²) >= 11 is 0. The largest absolute Gasteiger partial charge is 0.492 e. The molecule has 0 unspecified atom stereocenters. The van der Waals surface area contributed by atoms with E-state index < -0.39 is 0 Å². The minimum Gasteiger partial charge on any atom is -0.492 e. The van der Waals surface area contributed by atoms with Gasteiger partial charge in [0, 0.05) is 14.1 Å². The van der Waals surface area contributed by atoms with Crippen LogP contribution < -0.4 is 4.74 Å². The molecule has 0 aliphatic rings. The Balaban J connectivity index is 2.26. The van der Waals surface area contributed by atoms with E-state index in [-0.39, 0.29) is 0 Å². The third kappa shape index (κ3) is 4.49. The van der Waals surface area contributed by atoms with Gasteiger partial charge in [-0.2, -0.15) is 0 Å². The Morgan fingerprint density at radius 1 is 1.27 bits per heavy atom. The van der Waals surface area contributed by atoms with Crippen LogP contribution in [0.25, 0.3) is 0 Å². The highest BCUT2D eigenvalue weighted by Gasteiger charge is 1.93. The quantitative estimate of drug-likeness (QED) is 0.428. The Bertz CT molecular complexity index is 307. The van der Waals surface area contributed by atoms with E-state index in [1.54, 1.807) is 0 Å². The van der Waals surface area contributed by atoms with Gasteiger partial charge in [-0.05, 0) is 19.1 Å². The van der Waals surface area contributed by atoms with Gasteiger partial charge in [-0.25, -0.2) is 0 Å². The molecule has 0 N–H and O–H groups in total. The molecule has 0 atom stereocenters. The monoisotopic (exact) mass is 206 g/mol.